The predicted molar refractivity (Wildman–Crippen MR) is 69.8 cm³/mol. The third-order valence-electron chi connectivity index (χ3n) is 3.33. The van der Waals surface area contributed by atoms with Crippen LogP contribution in [0.5, 0.6) is 0 Å². The van der Waals surface area contributed by atoms with E-state index >= 15 is 0 Å². The Labute approximate surface area is 108 Å². The SMILES string of the molecule is COCCCC(N)C(=O)N1Cc2ccccc2C1. The van der Waals surface area contributed by atoms with Gasteiger partial charge in [0, 0.05) is 26.8 Å². The minimum atomic E-state index is -0.408. The van der Waals surface area contributed by atoms with Crippen LogP contribution in [0.15, 0.2) is 24.3 Å². The first kappa shape index (κ1) is 13.1. The Balaban J connectivity index is 1.88. The summed E-state index contributed by atoms with van der Waals surface area (Å²) in [7, 11) is 1.66. The summed E-state index contributed by atoms with van der Waals surface area (Å²) in [5.41, 5.74) is 8.39. The number of benzene rings is 1. The molecule has 4 heteroatoms. The molecule has 0 bridgehead atoms. The molecule has 1 unspecified atom stereocenters. The zero-order valence-corrected chi connectivity index (χ0v) is 10.8. The molecule has 0 fully saturated rings. The summed E-state index contributed by atoms with van der Waals surface area (Å²) >= 11 is 0. The maximum Gasteiger partial charge on any atom is 0.240 e. The first-order valence-corrected chi connectivity index (χ1v) is 6.32. The van der Waals surface area contributed by atoms with Crippen LogP contribution in [0.2, 0.25) is 0 Å². The first-order valence-electron chi connectivity index (χ1n) is 6.32. The van der Waals surface area contributed by atoms with Crippen molar-refractivity contribution in [1.29, 1.82) is 0 Å². The molecule has 0 radical (unpaired) electrons. The van der Waals surface area contributed by atoms with Gasteiger partial charge in [0.15, 0.2) is 0 Å². The molecule has 0 aliphatic carbocycles. The topological polar surface area (TPSA) is 55.6 Å². The number of carbonyl (C=O) groups is 1. The minimum absolute atomic E-state index is 0.0438. The highest BCUT2D eigenvalue weighted by molar-refractivity contribution is 5.82. The van der Waals surface area contributed by atoms with Gasteiger partial charge in [0.1, 0.15) is 0 Å². The fraction of sp³-hybridized carbons (Fsp3) is 0.500. The third kappa shape index (κ3) is 2.89. The smallest absolute Gasteiger partial charge is 0.240 e. The van der Waals surface area contributed by atoms with Crippen LogP contribution in [0.1, 0.15) is 24.0 Å². The van der Waals surface area contributed by atoms with Crippen LogP contribution in [-0.2, 0) is 22.6 Å². The summed E-state index contributed by atoms with van der Waals surface area (Å²) < 4.78 is 4.97. The molecule has 0 saturated carbocycles. The van der Waals surface area contributed by atoms with Crippen molar-refractivity contribution < 1.29 is 9.53 Å². The lowest BCUT2D eigenvalue weighted by Gasteiger charge is -2.20. The van der Waals surface area contributed by atoms with E-state index in [9.17, 15) is 4.79 Å². The highest BCUT2D eigenvalue weighted by atomic mass is 16.5. The number of carbonyl (C=O) groups excluding carboxylic acids is 1. The van der Waals surface area contributed by atoms with E-state index in [0.717, 1.165) is 6.42 Å². The lowest BCUT2D eigenvalue weighted by Crippen LogP contribution is -2.41. The second-order valence-electron chi connectivity index (χ2n) is 4.70. The normalized spacial score (nSPS) is 15.6. The van der Waals surface area contributed by atoms with E-state index in [1.165, 1.54) is 11.1 Å². The molecule has 4 nitrogen and oxygen atoms in total. The van der Waals surface area contributed by atoms with Gasteiger partial charge in [-0.15, -0.1) is 0 Å². The quantitative estimate of drug-likeness (QED) is 0.799. The lowest BCUT2D eigenvalue weighted by molar-refractivity contribution is -0.133. The van der Waals surface area contributed by atoms with E-state index in [4.69, 9.17) is 10.5 Å². The van der Waals surface area contributed by atoms with Crippen LogP contribution in [0.25, 0.3) is 0 Å². The summed E-state index contributed by atoms with van der Waals surface area (Å²) in [6, 6.07) is 7.74. The maximum atomic E-state index is 12.2. The Kier molecular flexibility index (Phi) is 4.33. The van der Waals surface area contributed by atoms with Gasteiger partial charge in [0.25, 0.3) is 0 Å². The van der Waals surface area contributed by atoms with Gasteiger partial charge in [-0.25, -0.2) is 0 Å². The summed E-state index contributed by atoms with van der Waals surface area (Å²) in [4.78, 5) is 14.0. The van der Waals surface area contributed by atoms with Gasteiger partial charge in [-0.05, 0) is 24.0 Å². The van der Waals surface area contributed by atoms with E-state index < -0.39 is 6.04 Å². The highest BCUT2D eigenvalue weighted by Gasteiger charge is 2.26. The zero-order valence-electron chi connectivity index (χ0n) is 10.8. The van der Waals surface area contributed by atoms with E-state index in [-0.39, 0.29) is 5.91 Å². The van der Waals surface area contributed by atoms with Crippen molar-refractivity contribution >= 4 is 5.91 Å². The summed E-state index contributed by atoms with van der Waals surface area (Å²) in [5.74, 6) is 0.0438. The molecule has 1 aromatic rings. The highest BCUT2D eigenvalue weighted by Crippen LogP contribution is 2.22. The molecule has 18 heavy (non-hydrogen) atoms. The zero-order chi connectivity index (χ0) is 13.0. The molecule has 1 heterocycles. The molecule has 0 aromatic heterocycles. The number of hydrogen-bond acceptors (Lipinski definition) is 3. The van der Waals surface area contributed by atoms with E-state index in [0.29, 0.717) is 26.1 Å². The van der Waals surface area contributed by atoms with Gasteiger partial charge < -0.3 is 15.4 Å². The van der Waals surface area contributed by atoms with Crippen molar-refractivity contribution in [2.45, 2.75) is 32.0 Å². The van der Waals surface area contributed by atoms with Crippen LogP contribution in [-0.4, -0.2) is 30.6 Å². The molecule has 1 aliphatic heterocycles. The Morgan fingerprint density at radius 1 is 1.39 bits per heavy atom. The number of nitrogens with two attached hydrogens (primary N) is 1. The lowest BCUT2D eigenvalue weighted by atomic mass is 10.1. The predicted octanol–water partition coefficient (Wildman–Crippen LogP) is 1.28. The van der Waals surface area contributed by atoms with Crippen LogP contribution in [0, 0.1) is 0 Å². The van der Waals surface area contributed by atoms with E-state index in [1.54, 1.807) is 7.11 Å². The molecule has 0 saturated heterocycles. The second-order valence-corrected chi connectivity index (χ2v) is 4.70. The molecule has 1 aromatic carbocycles. The number of methoxy groups -OCH3 is 1. The number of rotatable bonds is 5. The molecule has 98 valence electrons. The monoisotopic (exact) mass is 248 g/mol. The number of amides is 1. The Hall–Kier alpha value is -1.39. The van der Waals surface area contributed by atoms with Crippen LogP contribution < -0.4 is 5.73 Å². The van der Waals surface area contributed by atoms with Crippen LogP contribution >= 0.6 is 0 Å². The van der Waals surface area contributed by atoms with Crippen molar-refractivity contribution in [3.05, 3.63) is 35.4 Å². The number of nitrogens with zero attached hydrogens (tertiary/aromatic N) is 1. The number of fused-ring (bicyclic) bond motifs is 1. The molecule has 1 aliphatic rings. The molecule has 0 spiro atoms. The summed E-state index contributed by atoms with van der Waals surface area (Å²) in [6.07, 6.45) is 1.50. The molecular weight excluding hydrogens is 228 g/mol. The van der Waals surface area contributed by atoms with Crippen molar-refractivity contribution in [3.8, 4) is 0 Å². The fourth-order valence-corrected chi connectivity index (χ4v) is 2.29. The first-order chi connectivity index (χ1) is 8.72. The van der Waals surface area contributed by atoms with Gasteiger partial charge in [-0.2, -0.15) is 0 Å². The van der Waals surface area contributed by atoms with Crippen LogP contribution in [0.3, 0.4) is 0 Å². The average molecular weight is 248 g/mol. The van der Waals surface area contributed by atoms with Gasteiger partial charge in [0.2, 0.25) is 5.91 Å². The summed E-state index contributed by atoms with van der Waals surface area (Å²) in [6.45, 7) is 2.03. The van der Waals surface area contributed by atoms with Crippen molar-refractivity contribution in [1.82, 2.24) is 4.90 Å². The van der Waals surface area contributed by atoms with E-state index in [2.05, 4.69) is 12.1 Å². The number of ether oxygens (including phenoxy) is 1. The molecule has 1 atom stereocenters. The fourth-order valence-electron chi connectivity index (χ4n) is 2.29. The molecule has 2 N–H and O–H groups in total. The minimum Gasteiger partial charge on any atom is -0.385 e. The van der Waals surface area contributed by atoms with Gasteiger partial charge in [-0.1, -0.05) is 24.3 Å². The van der Waals surface area contributed by atoms with Gasteiger partial charge in [0.05, 0.1) is 6.04 Å². The van der Waals surface area contributed by atoms with Gasteiger partial charge >= 0.3 is 0 Å². The maximum absolute atomic E-state index is 12.2. The van der Waals surface area contributed by atoms with Crippen molar-refractivity contribution in [3.63, 3.8) is 0 Å². The number of hydrogen-bond donors (Lipinski definition) is 1. The second kappa shape index (κ2) is 5.98. The largest absolute Gasteiger partial charge is 0.385 e. The van der Waals surface area contributed by atoms with Gasteiger partial charge in [-0.3, -0.25) is 4.79 Å². The molecular formula is C14H20N2O2. The third-order valence-corrected chi connectivity index (χ3v) is 3.33. The Bertz CT molecular complexity index is 395. The standard InChI is InChI=1S/C14H20N2O2/c1-18-8-4-7-13(15)14(17)16-9-11-5-2-3-6-12(11)10-16/h2-3,5-6,13H,4,7-10,15H2,1H3. The van der Waals surface area contributed by atoms with Crippen molar-refractivity contribution in [2.24, 2.45) is 5.73 Å². The van der Waals surface area contributed by atoms with Crippen molar-refractivity contribution in [2.75, 3.05) is 13.7 Å². The Morgan fingerprint density at radius 3 is 2.56 bits per heavy atom. The Morgan fingerprint density at radius 2 is 2.00 bits per heavy atom. The summed E-state index contributed by atoms with van der Waals surface area (Å²) in [5, 5.41) is 0. The van der Waals surface area contributed by atoms with Crippen LogP contribution in [0.4, 0.5) is 0 Å². The van der Waals surface area contributed by atoms with E-state index in [1.807, 2.05) is 17.0 Å². The molecule has 2 rings (SSSR count). The average Bonchev–Trinajstić information content (AvgIpc) is 2.81. The molecule has 1 amide bonds.